The molecule has 0 aliphatic carbocycles. The molecule has 142 valence electrons. The third kappa shape index (κ3) is 5.16. The van der Waals surface area contributed by atoms with Crippen LogP contribution in [0.1, 0.15) is 40.2 Å². The van der Waals surface area contributed by atoms with Crippen LogP contribution >= 0.6 is 0 Å². The Labute approximate surface area is 154 Å². The number of imide groups is 1. The summed E-state index contributed by atoms with van der Waals surface area (Å²) in [5.74, 6) is -0.423. The Morgan fingerprint density at radius 1 is 1.27 bits per heavy atom. The van der Waals surface area contributed by atoms with E-state index in [1.807, 2.05) is 43.3 Å². The highest BCUT2D eigenvalue weighted by molar-refractivity contribution is 6.02. The van der Waals surface area contributed by atoms with Crippen molar-refractivity contribution >= 4 is 18.1 Å². The zero-order chi connectivity index (χ0) is 19.3. The van der Waals surface area contributed by atoms with Crippen molar-refractivity contribution in [3.05, 3.63) is 42.0 Å². The highest BCUT2D eigenvalue weighted by atomic mass is 16.7. The van der Waals surface area contributed by atoms with Crippen molar-refractivity contribution in [1.82, 2.24) is 4.90 Å². The minimum atomic E-state index is -0.774. The molecule has 1 saturated heterocycles. The van der Waals surface area contributed by atoms with E-state index in [4.69, 9.17) is 14.2 Å². The summed E-state index contributed by atoms with van der Waals surface area (Å²) in [6.45, 7) is 9.33. The number of carbonyl (C=O) groups is 2. The number of rotatable bonds is 6. The average molecular weight is 361 g/mol. The summed E-state index contributed by atoms with van der Waals surface area (Å²) in [5, 5.41) is 0. The van der Waals surface area contributed by atoms with Gasteiger partial charge >= 0.3 is 6.09 Å². The molecule has 0 aromatic heterocycles. The van der Waals surface area contributed by atoms with E-state index >= 15 is 0 Å². The lowest BCUT2D eigenvalue weighted by Crippen LogP contribution is -2.67. The molecule has 2 amide bonds. The number of ether oxygens (including phenoxy) is 3. The van der Waals surface area contributed by atoms with Gasteiger partial charge in [-0.1, -0.05) is 42.5 Å². The number of amides is 2. The first-order valence-corrected chi connectivity index (χ1v) is 8.79. The molecular weight excluding hydrogens is 334 g/mol. The summed E-state index contributed by atoms with van der Waals surface area (Å²) in [6.07, 6.45) is 1.65. The van der Waals surface area contributed by atoms with Crippen molar-refractivity contribution in [3.8, 4) is 0 Å². The van der Waals surface area contributed by atoms with Crippen LogP contribution in [0.4, 0.5) is 4.79 Å². The SMILES string of the molecule is CCOC(C)O[C@H]1C(=O)N(C(=O)OC(C)(C)C)[C@H]1/C=C/c1ccccc1. The van der Waals surface area contributed by atoms with Crippen molar-refractivity contribution in [1.29, 1.82) is 0 Å². The van der Waals surface area contributed by atoms with Crippen LogP contribution in [0.3, 0.4) is 0 Å². The molecule has 26 heavy (non-hydrogen) atoms. The summed E-state index contributed by atoms with van der Waals surface area (Å²) in [5.41, 5.74) is 0.280. The van der Waals surface area contributed by atoms with Crippen molar-refractivity contribution in [3.63, 3.8) is 0 Å². The van der Waals surface area contributed by atoms with Gasteiger partial charge in [-0.05, 0) is 40.2 Å². The van der Waals surface area contributed by atoms with Crippen LogP contribution in [0.5, 0.6) is 0 Å². The summed E-state index contributed by atoms with van der Waals surface area (Å²) >= 11 is 0. The lowest BCUT2D eigenvalue weighted by molar-refractivity contribution is -0.205. The van der Waals surface area contributed by atoms with Crippen LogP contribution in [0.15, 0.2) is 36.4 Å². The predicted molar refractivity (Wildman–Crippen MR) is 98.3 cm³/mol. The summed E-state index contributed by atoms with van der Waals surface area (Å²) in [7, 11) is 0. The number of carbonyl (C=O) groups excluding carboxylic acids is 2. The Balaban J connectivity index is 2.17. The molecule has 0 saturated carbocycles. The van der Waals surface area contributed by atoms with Crippen LogP contribution in [0.25, 0.3) is 6.08 Å². The Kier molecular flexibility index (Phi) is 6.56. The second-order valence-corrected chi connectivity index (χ2v) is 7.03. The van der Waals surface area contributed by atoms with Gasteiger partial charge in [0, 0.05) is 6.61 Å². The van der Waals surface area contributed by atoms with Gasteiger partial charge in [-0.3, -0.25) is 4.79 Å². The molecule has 0 spiro atoms. The van der Waals surface area contributed by atoms with Crippen LogP contribution in [-0.4, -0.2) is 47.5 Å². The molecule has 0 radical (unpaired) electrons. The summed E-state index contributed by atoms with van der Waals surface area (Å²) in [6, 6.07) is 9.10. The topological polar surface area (TPSA) is 65.1 Å². The predicted octanol–water partition coefficient (Wildman–Crippen LogP) is 3.61. The Morgan fingerprint density at radius 3 is 2.50 bits per heavy atom. The van der Waals surface area contributed by atoms with Crippen molar-refractivity contribution in [2.24, 2.45) is 0 Å². The highest BCUT2D eigenvalue weighted by Gasteiger charge is 2.52. The highest BCUT2D eigenvalue weighted by Crippen LogP contribution is 2.28. The number of benzene rings is 1. The molecule has 6 heteroatoms. The smallest absolute Gasteiger partial charge is 0.417 e. The first kappa shape index (κ1) is 20.1. The van der Waals surface area contributed by atoms with Crippen molar-refractivity contribution < 1.29 is 23.8 Å². The third-order valence-electron chi connectivity index (χ3n) is 3.70. The van der Waals surface area contributed by atoms with Gasteiger partial charge in [-0.15, -0.1) is 0 Å². The second kappa shape index (κ2) is 8.47. The zero-order valence-corrected chi connectivity index (χ0v) is 16.0. The molecule has 1 aromatic rings. The molecule has 6 nitrogen and oxygen atoms in total. The molecule has 1 aliphatic heterocycles. The maximum absolute atomic E-state index is 12.5. The van der Waals surface area contributed by atoms with Gasteiger partial charge in [0.1, 0.15) is 5.60 Å². The van der Waals surface area contributed by atoms with Gasteiger partial charge in [0.15, 0.2) is 12.4 Å². The minimum Gasteiger partial charge on any atom is -0.443 e. The van der Waals surface area contributed by atoms with Crippen molar-refractivity contribution in [2.75, 3.05) is 6.61 Å². The van der Waals surface area contributed by atoms with E-state index in [1.54, 1.807) is 33.8 Å². The van der Waals surface area contributed by atoms with E-state index in [2.05, 4.69) is 0 Å². The minimum absolute atomic E-state index is 0.423. The number of β-lactam (4-membered cyclic amide) rings is 1. The maximum Gasteiger partial charge on any atom is 0.417 e. The Morgan fingerprint density at radius 2 is 1.92 bits per heavy atom. The Bertz CT molecular complexity index is 650. The molecule has 1 unspecified atom stereocenters. The monoisotopic (exact) mass is 361 g/mol. The van der Waals surface area contributed by atoms with Gasteiger partial charge in [-0.2, -0.15) is 0 Å². The molecular formula is C20H27NO5. The van der Waals surface area contributed by atoms with Crippen molar-refractivity contribution in [2.45, 2.75) is 58.7 Å². The number of hydrogen-bond acceptors (Lipinski definition) is 5. The molecule has 1 heterocycles. The fraction of sp³-hybridized carbons (Fsp3) is 0.500. The lowest BCUT2D eigenvalue weighted by Gasteiger charge is -2.44. The van der Waals surface area contributed by atoms with E-state index in [-0.39, 0.29) is 0 Å². The van der Waals surface area contributed by atoms with E-state index in [1.165, 1.54) is 0 Å². The fourth-order valence-electron chi connectivity index (χ4n) is 2.59. The first-order chi connectivity index (χ1) is 12.2. The van der Waals surface area contributed by atoms with E-state index < -0.39 is 36.0 Å². The summed E-state index contributed by atoms with van der Waals surface area (Å²) in [4.78, 5) is 25.9. The number of likely N-dealkylation sites (tertiary alicyclic amines) is 1. The molecule has 0 N–H and O–H groups in total. The third-order valence-corrected chi connectivity index (χ3v) is 3.70. The quantitative estimate of drug-likeness (QED) is 0.572. The zero-order valence-electron chi connectivity index (χ0n) is 16.0. The molecule has 3 atom stereocenters. The van der Waals surface area contributed by atoms with E-state index in [0.29, 0.717) is 6.61 Å². The van der Waals surface area contributed by atoms with E-state index in [0.717, 1.165) is 10.5 Å². The molecule has 2 rings (SSSR count). The number of hydrogen-bond donors (Lipinski definition) is 0. The molecule has 1 fully saturated rings. The van der Waals surface area contributed by atoms with Gasteiger partial charge in [0.05, 0.1) is 6.04 Å². The van der Waals surface area contributed by atoms with Gasteiger partial charge < -0.3 is 14.2 Å². The largest absolute Gasteiger partial charge is 0.443 e. The molecule has 0 bridgehead atoms. The first-order valence-electron chi connectivity index (χ1n) is 8.79. The molecule has 1 aromatic carbocycles. The Hall–Kier alpha value is -2.18. The fourth-order valence-corrected chi connectivity index (χ4v) is 2.59. The summed E-state index contributed by atoms with van der Waals surface area (Å²) < 4.78 is 16.4. The van der Waals surface area contributed by atoms with Gasteiger partial charge in [0.2, 0.25) is 0 Å². The van der Waals surface area contributed by atoms with Gasteiger partial charge in [-0.25, -0.2) is 9.69 Å². The standard InChI is InChI=1S/C20H27NO5/c1-6-24-14(2)25-17-16(13-12-15-10-8-7-9-11-15)21(18(17)22)19(23)26-20(3,4)5/h7-14,16-17H,6H2,1-5H3/b13-12+/t14?,16-,17+/m0/s1. The second-order valence-electron chi connectivity index (χ2n) is 7.03. The van der Waals surface area contributed by atoms with E-state index in [9.17, 15) is 9.59 Å². The maximum atomic E-state index is 12.5. The van der Waals surface area contributed by atoms with Crippen LogP contribution in [0.2, 0.25) is 0 Å². The van der Waals surface area contributed by atoms with Crippen LogP contribution in [-0.2, 0) is 19.0 Å². The molecule has 1 aliphatic rings. The normalized spacial score (nSPS) is 21.6. The van der Waals surface area contributed by atoms with Crippen LogP contribution < -0.4 is 0 Å². The van der Waals surface area contributed by atoms with Gasteiger partial charge in [0.25, 0.3) is 5.91 Å². The average Bonchev–Trinajstić information content (AvgIpc) is 2.55. The number of nitrogens with zero attached hydrogens (tertiary/aromatic N) is 1. The van der Waals surface area contributed by atoms with Crippen LogP contribution in [0, 0.1) is 0 Å². The lowest BCUT2D eigenvalue weighted by atomic mass is 9.97.